The Morgan fingerprint density at radius 1 is 1.11 bits per heavy atom. The van der Waals surface area contributed by atoms with Gasteiger partial charge in [-0.25, -0.2) is 0 Å². The van der Waals surface area contributed by atoms with E-state index in [9.17, 15) is 9.59 Å². The molecule has 1 aromatic carbocycles. The Kier molecular flexibility index (Phi) is 7.79. The van der Waals surface area contributed by atoms with E-state index in [2.05, 4.69) is 17.2 Å². The third-order valence-electron chi connectivity index (χ3n) is 4.05. The van der Waals surface area contributed by atoms with Gasteiger partial charge in [-0.3, -0.25) is 14.6 Å². The molecule has 2 rings (SSSR count). The van der Waals surface area contributed by atoms with Gasteiger partial charge >= 0.3 is 0 Å². The van der Waals surface area contributed by atoms with Crippen LogP contribution >= 0.6 is 0 Å². The number of carbonyl (C=O) groups is 2. The predicted octanol–water partition coefficient (Wildman–Crippen LogP) is 3.29. The van der Waals surface area contributed by atoms with Gasteiger partial charge in [-0.05, 0) is 50.1 Å². The summed E-state index contributed by atoms with van der Waals surface area (Å²) in [5.41, 5.74) is 1.89. The van der Waals surface area contributed by atoms with Crippen LogP contribution in [0.15, 0.2) is 48.8 Å². The number of rotatable bonds is 9. The molecule has 0 bridgehead atoms. The average Bonchev–Trinajstić information content (AvgIpc) is 2.66. The van der Waals surface area contributed by atoms with E-state index < -0.39 is 0 Å². The Morgan fingerprint density at radius 2 is 1.78 bits per heavy atom. The Balaban J connectivity index is 1.89. The van der Waals surface area contributed by atoms with Gasteiger partial charge in [0.15, 0.2) is 6.61 Å². The molecule has 144 valence electrons. The summed E-state index contributed by atoms with van der Waals surface area (Å²) in [6.45, 7) is 5.74. The molecule has 2 aromatic rings. The molecule has 0 saturated heterocycles. The van der Waals surface area contributed by atoms with Gasteiger partial charge in [0.25, 0.3) is 5.91 Å². The van der Waals surface area contributed by atoms with Gasteiger partial charge in [0.2, 0.25) is 5.91 Å². The fourth-order valence-corrected chi connectivity index (χ4v) is 2.62. The van der Waals surface area contributed by atoms with Gasteiger partial charge in [-0.1, -0.05) is 25.5 Å². The van der Waals surface area contributed by atoms with Crippen LogP contribution in [-0.4, -0.2) is 40.9 Å². The molecule has 0 aliphatic carbocycles. The van der Waals surface area contributed by atoms with Crippen LogP contribution in [-0.2, 0) is 16.0 Å². The van der Waals surface area contributed by atoms with Gasteiger partial charge in [0, 0.05) is 24.1 Å². The van der Waals surface area contributed by atoms with E-state index in [0.717, 1.165) is 12.8 Å². The first kappa shape index (κ1) is 20.4. The molecule has 1 heterocycles. The number of aromatic nitrogens is 1. The summed E-state index contributed by atoms with van der Waals surface area (Å²) >= 11 is 0. The Labute approximate surface area is 160 Å². The van der Waals surface area contributed by atoms with Gasteiger partial charge in [-0.15, -0.1) is 0 Å². The van der Waals surface area contributed by atoms with Crippen LogP contribution in [0.1, 0.15) is 32.8 Å². The van der Waals surface area contributed by atoms with Gasteiger partial charge in [0.1, 0.15) is 12.3 Å². The predicted molar refractivity (Wildman–Crippen MR) is 106 cm³/mol. The fraction of sp³-hybridized carbons (Fsp3) is 0.381. The highest BCUT2D eigenvalue weighted by molar-refractivity contribution is 5.94. The van der Waals surface area contributed by atoms with Crippen LogP contribution in [0.4, 0.5) is 5.69 Å². The van der Waals surface area contributed by atoms with E-state index in [-0.39, 0.29) is 31.0 Å². The van der Waals surface area contributed by atoms with Gasteiger partial charge in [0.05, 0.1) is 0 Å². The largest absolute Gasteiger partial charge is 0.484 e. The SMILES string of the molecule is CCCc1ccc(OCC(=O)N(CC(=O)Nc2ccncc2)C(C)C)cc1. The molecule has 0 fully saturated rings. The minimum absolute atomic E-state index is 0.0301. The summed E-state index contributed by atoms with van der Waals surface area (Å²) in [4.78, 5) is 30.2. The zero-order valence-corrected chi connectivity index (χ0v) is 16.1. The summed E-state index contributed by atoms with van der Waals surface area (Å²) in [6.07, 6.45) is 5.30. The quantitative estimate of drug-likeness (QED) is 0.736. The molecule has 6 heteroatoms. The maximum Gasteiger partial charge on any atom is 0.261 e. The number of benzene rings is 1. The number of carbonyl (C=O) groups excluding carboxylic acids is 2. The van der Waals surface area contributed by atoms with Crippen molar-refractivity contribution in [2.75, 3.05) is 18.5 Å². The van der Waals surface area contributed by atoms with Crippen LogP contribution in [0.2, 0.25) is 0 Å². The molecule has 6 nitrogen and oxygen atoms in total. The number of hydrogen-bond donors (Lipinski definition) is 1. The molecule has 0 aliphatic heterocycles. The van der Waals surface area contributed by atoms with Crippen molar-refractivity contribution in [2.24, 2.45) is 0 Å². The highest BCUT2D eigenvalue weighted by Crippen LogP contribution is 2.14. The zero-order chi connectivity index (χ0) is 19.6. The number of nitrogens with one attached hydrogen (secondary N) is 1. The second-order valence-corrected chi connectivity index (χ2v) is 6.58. The van der Waals surface area contributed by atoms with Crippen LogP contribution in [0, 0.1) is 0 Å². The van der Waals surface area contributed by atoms with Crippen molar-refractivity contribution in [3.63, 3.8) is 0 Å². The monoisotopic (exact) mass is 369 g/mol. The molecule has 0 aliphatic rings. The zero-order valence-electron chi connectivity index (χ0n) is 16.1. The third-order valence-corrected chi connectivity index (χ3v) is 4.05. The highest BCUT2D eigenvalue weighted by atomic mass is 16.5. The first-order valence-corrected chi connectivity index (χ1v) is 9.20. The van der Waals surface area contributed by atoms with Crippen molar-refractivity contribution in [1.82, 2.24) is 9.88 Å². The van der Waals surface area contributed by atoms with Gasteiger partial charge in [-0.2, -0.15) is 0 Å². The number of ether oxygens (including phenoxy) is 1. The molecule has 27 heavy (non-hydrogen) atoms. The number of aryl methyl sites for hydroxylation is 1. The standard InChI is InChI=1S/C21H27N3O3/c1-4-5-17-6-8-19(9-7-17)27-15-21(26)24(16(2)3)14-20(25)23-18-10-12-22-13-11-18/h6-13,16H,4-5,14-15H2,1-3H3,(H,22,23,25). The van der Waals surface area contributed by atoms with Crippen molar-refractivity contribution < 1.29 is 14.3 Å². The summed E-state index contributed by atoms with van der Waals surface area (Å²) in [7, 11) is 0. The van der Waals surface area contributed by atoms with E-state index in [1.165, 1.54) is 10.5 Å². The lowest BCUT2D eigenvalue weighted by Gasteiger charge is -2.26. The highest BCUT2D eigenvalue weighted by Gasteiger charge is 2.20. The minimum Gasteiger partial charge on any atom is -0.484 e. The van der Waals surface area contributed by atoms with Crippen molar-refractivity contribution in [2.45, 2.75) is 39.7 Å². The molecule has 0 saturated carbocycles. The summed E-state index contributed by atoms with van der Waals surface area (Å²) in [5, 5.41) is 2.76. The molecule has 0 radical (unpaired) electrons. The second-order valence-electron chi connectivity index (χ2n) is 6.58. The lowest BCUT2D eigenvalue weighted by Crippen LogP contribution is -2.44. The van der Waals surface area contributed by atoms with Crippen molar-refractivity contribution in [3.8, 4) is 5.75 Å². The number of amides is 2. The number of anilines is 1. The smallest absolute Gasteiger partial charge is 0.261 e. The third kappa shape index (κ3) is 6.73. The average molecular weight is 369 g/mol. The summed E-state index contributed by atoms with van der Waals surface area (Å²) in [6, 6.07) is 11.0. The first-order valence-electron chi connectivity index (χ1n) is 9.20. The van der Waals surface area contributed by atoms with Gasteiger partial charge < -0.3 is 15.0 Å². The second kappa shape index (κ2) is 10.3. The number of hydrogen-bond acceptors (Lipinski definition) is 4. The van der Waals surface area contributed by atoms with Crippen LogP contribution in [0.3, 0.4) is 0 Å². The first-order chi connectivity index (χ1) is 13.0. The number of pyridine rings is 1. The minimum atomic E-state index is -0.257. The van der Waals surface area contributed by atoms with E-state index >= 15 is 0 Å². The lowest BCUT2D eigenvalue weighted by atomic mass is 10.1. The molecule has 0 spiro atoms. The normalized spacial score (nSPS) is 10.5. The van der Waals surface area contributed by atoms with Crippen molar-refractivity contribution in [1.29, 1.82) is 0 Å². The lowest BCUT2D eigenvalue weighted by molar-refractivity contribution is -0.138. The molecule has 1 aromatic heterocycles. The summed E-state index contributed by atoms with van der Waals surface area (Å²) in [5.74, 6) is 0.160. The Bertz CT molecular complexity index is 730. The van der Waals surface area contributed by atoms with E-state index in [1.54, 1.807) is 24.5 Å². The van der Waals surface area contributed by atoms with Crippen molar-refractivity contribution in [3.05, 3.63) is 54.4 Å². The molecule has 2 amide bonds. The van der Waals surface area contributed by atoms with E-state index in [4.69, 9.17) is 4.74 Å². The van der Waals surface area contributed by atoms with Crippen LogP contribution in [0.5, 0.6) is 5.75 Å². The maximum atomic E-state index is 12.5. The fourth-order valence-electron chi connectivity index (χ4n) is 2.62. The molecule has 0 unspecified atom stereocenters. The number of nitrogens with zero attached hydrogens (tertiary/aromatic N) is 2. The Morgan fingerprint density at radius 3 is 2.37 bits per heavy atom. The van der Waals surface area contributed by atoms with E-state index in [1.807, 2.05) is 38.1 Å². The Hall–Kier alpha value is -2.89. The van der Waals surface area contributed by atoms with Crippen LogP contribution < -0.4 is 10.1 Å². The topological polar surface area (TPSA) is 71.5 Å². The molecular formula is C21H27N3O3. The maximum absolute atomic E-state index is 12.5. The molecule has 1 N–H and O–H groups in total. The van der Waals surface area contributed by atoms with E-state index in [0.29, 0.717) is 11.4 Å². The molecular weight excluding hydrogens is 342 g/mol. The van der Waals surface area contributed by atoms with Crippen molar-refractivity contribution >= 4 is 17.5 Å². The molecule has 0 atom stereocenters. The van der Waals surface area contributed by atoms with Crippen LogP contribution in [0.25, 0.3) is 0 Å². The summed E-state index contributed by atoms with van der Waals surface area (Å²) < 4.78 is 5.60.